The maximum Gasteiger partial charge on any atom is 0.262 e. The monoisotopic (exact) mass is 469 g/mol. The third-order valence-electron chi connectivity index (χ3n) is 6.39. The van der Waals surface area contributed by atoms with Gasteiger partial charge in [0.15, 0.2) is 5.16 Å². The van der Waals surface area contributed by atoms with E-state index >= 15 is 0 Å². The van der Waals surface area contributed by atoms with Crippen LogP contribution < -0.4 is 10.5 Å². The molecule has 0 fully saturated rings. The molecule has 0 bridgehead atoms. The van der Waals surface area contributed by atoms with Crippen molar-refractivity contribution in [3.05, 3.63) is 94.3 Å². The van der Waals surface area contributed by atoms with Crippen LogP contribution in [0.1, 0.15) is 31.4 Å². The molecule has 34 heavy (non-hydrogen) atoms. The summed E-state index contributed by atoms with van der Waals surface area (Å²) in [6.45, 7) is 4.45. The largest absolute Gasteiger partial charge is 0.287 e. The fourth-order valence-electron chi connectivity index (χ4n) is 4.61. The van der Waals surface area contributed by atoms with E-state index in [0.29, 0.717) is 29.0 Å². The molecule has 4 aromatic rings. The van der Waals surface area contributed by atoms with Crippen molar-refractivity contribution in [1.29, 1.82) is 0 Å². The average Bonchev–Trinajstić information content (AvgIpc) is 3.04. The zero-order valence-corrected chi connectivity index (χ0v) is 20.2. The van der Waals surface area contributed by atoms with Crippen LogP contribution in [0.3, 0.4) is 0 Å². The van der Waals surface area contributed by atoms with Gasteiger partial charge in [0.05, 0.1) is 27.5 Å². The number of amides is 1. The normalized spacial score (nSPS) is 13.8. The van der Waals surface area contributed by atoms with E-state index in [1.54, 1.807) is 10.6 Å². The SMILES string of the molecule is CCC(Sc1nc2ccccc2c(=O)n1CC)C(=O)N1c2ccccc2CCc2ccccc21. The minimum Gasteiger partial charge on any atom is -0.287 e. The summed E-state index contributed by atoms with van der Waals surface area (Å²) >= 11 is 1.39. The fourth-order valence-corrected chi connectivity index (χ4v) is 5.73. The Hall–Kier alpha value is -3.38. The molecule has 0 spiro atoms. The van der Waals surface area contributed by atoms with E-state index in [1.807, 2.05) is 73.3 Å². The van der Waals surface area contributed by atoms with E-state index in [4.69, 9.17) is 4.98 Å². The summed E-state index contributed by atoms with van der Waals surface area (Å²) in [5.74, 6) is 0.0133. The summed E-state index contributed by atoms with van der Waals surface area (Å²) < 4.78 is 1.67. The fraction of sp³-hybridized carbons (Fsp3) is 0.250. The summed E-state index contributed by atoms with van der Waals surface area (Å²) in [6, 6.07) is 23.7. The van der Waals surface area contributed by atoms with Gasteiger partial charge in [0.25, 0.3) is 5.56 Å². The van der Waals surface area contributed by atoms with Gasteiger partial charge in [0.2, 0.25) is 5.91 Å². The quantitative estimate of drug-likeness (QED) is 0.276. The lowest BCUT2D eigenvalue weighted by Gasteiger charge is -2.28. The molecule has 2 heterocycles. The van der Waals surface area contributed by atoms with Gasteiger partial charge in [0, 0.05) is 6.54 Å². The zero-order valence-electron chi connectivity index (χ0n) is 19.4. The first-order valence-corrected chi connectivity index (χ1v) is 12.7. The summed E-state index contributed by atoms with van der Waals surface area (Å²) in [4.78, 5) is 33.9. The highest BCUT2D eigenvalue weighted by atomic mass is 32.2. The van der Waals surface area contributed by atoms with Crippen molar-refractivity contribution in [2.45, 2.75) is 50.1 Å². The molecule has 0 saturated carbocycles. The maximum absolute atomic E-state index is 14.2. The molecule has 0 saturated heterocycles. The molecule has 5 rings (SSSR count). The molecule has 0 radical (unpaired) electrons. The van der Waals surface area contributed by atoms with Crippen molar-refractivity contribution in [1.82, 2.24) is 9.55 Å². The number of hydrogen-bond donors (Lipinski definition) is 0. The van der Waals surface area contributed by atoms with Crippen LogP contribution in [0.15, 0.2) is 82.7 Å². The molecule has 1 atom stereocenters. The van der Waals surface area contributed by atoms with Crippen LogP contribution in [0.2, 0.25) is 0 Å². The molecule has 1 amide bonds. The number of anilines is 2. The Morgan fingerprint density at radius 3 is 2.12 bits per heavy atom. The number of carbonyl (C=O) groups excluding carboxylic acids is 1. The van der Waals surface area contributed by atoms with E-state index in [2.05, 4.69) is 12.1 Å². The van der Waals surface area contributed by atoms with Gasteiger partial charge in [-0.3, -0.25) is 19.1 Å². The van der Waals surface area contributed by atoms with E-state index in [-0.39, 0.29) is 16.7 Å². The molecule has 172 valence electrons. The summed E-state index contributed by atoms with van der Waals surface area (Å²) in [7, 11) is 0. The minimum atomic E-state index is -0.384. The highest BCUT2D eigenvalue weighted by Gasteiger charge is 2.31. The standard InChI is InChI=1S/C28H27N3O2S/c1-3-25(34-28-29-22-14-8-7-13-21(22)26(32)30(28)4-2)27(33)31-23-15-9-5-11-19(23)17-18-20-12-6-10-16-24(20)31/h5-16,25H,3-4,17-18H2,1-2H3. The van der Waals surface area contributed by atoms with E-state index in [0.717, 1.165) is 24.2 Å². The summed E-state index contributed by atoms with van der Waals surface area (Å²) in [5, 5.41) is 0.802. The lowest BCUT2D eigenvalue weighted by Crippen LogP contribution is -2.35. The topological polar surface area (TPSA) is 55.2 Å². The smallest absolute Gasteiger partial charge is 0.262 e. The van der Waals surface area contributed by atoms with Gasteiger partial charge in [0.1, 0.15) is 0 Å². The Morgan fingerprint density at radius 1 is 0.912 bits per heavy atom. The molecule has 1 unspecified atom stereocenters. The van der Waals surface area contributed by atoms with E-state index < -0.39 is 0 Å². The van der Waals surface area contributed by atoms with Gasteiger partial charge in [-0.1, -0.05) is 67.2 Å². The highest BCUT2D eigenvalue weighted by Crippen LogP contribution is 2.38. The zero-order chi connectivity index (χ0) is 23.7. The molecule has 0 aliphatic carbocycles. The number of nitrogens with zero attached hydrogens (tertiary/aromatic N) is 3. The number of carbonyl (C=O) groups is 1. The molecule has 1 aliphatic rings. The van der Waals surface area contributed by atoms with Crippen LogP contribution in [0, 0.1) is 0 Å². The molecular formula is C28H27N3O2S. The van der Waals surface area contributed by atoms with Gasteiger partial charge < -0.3 is 0 Å². The van der Waals surface area contributed by atoms with Crippen LogP contribution in [-0.2, 0) is 24.2 Å². The molecule has 5 nitrogen and oxygen atoms in total. The van der Waals surface area contributed by atoms with Gasteiger partial charge >= 0.3 is 0 Å². The van der Waals surface area contributed by atoms with Gasteiger partial charge in [-0.2, -0.15) is 0 Å². The minimum absolute atomic E-state index is 0.0133. The third-order valence-corrected chi connectivity index (χ3v) is 7.73. The maximum atomic E-state index is 14.2. The molecule has 6 heteroatoms. The Morgan fingerprint density at radius 2 is 1.50 bits per heavy atom. The van der Waals surface area contributed by atoms with Crippen molar-refractivity contribution < 1.29 is 4.79 Å². The van der Waals surface area contributed by atoms with Crippen molar-refractivity contribution in [3.63, 3.8) is 0 Å². The predicted molar refractivity (Wildman–Crippen MR) is 139 cm³/mol. The second-order valence-electron chi connectivity index (χ2n) is 8.41. The second-order valence-corrected chi connectivity index (χ2v) is 9.58. The van der Waals surface area contributed by atoms with Crippen LogP contribution >= 0.6 is 11.8 Å². The van der Waals surface area contributed by atoms with E-state index in [1.165, 1.54) is 22.9 Å². The van der Waals surface area contributed by atoms with Gasteiger partial charge in [-0.05, 0) is 61.6 Å². The summed E-state index contributed by atoms with van der Waals surface area (Å²) in [5.41, 5.74) is 4.81. The van der Waals surface area contributed by atoms with Gasteiger partial charge in [-0.25, -0.2) is 4.98 Å². The van der Waals surface area contributed by atoms with Crippen LogP contribution in [0.5, 0.6) is 0 Å². The number of aromatic nitrogens is 2. The van der Waals surface area contributed by atoms with Crippen molar-refractivity contribution in [2.75, 3.05) is 4.90 Å². The molecular weight excluding hydrogens is 442 g/mol. The van der Waals surface area contributed by atoms with Crippen LogP contribution in [0.25, 0.3) is 10.9 Å². The number of thioether (sulfide) groups is 1. The average molecular weight is 470 g/mol. The Labute approximate surface area is 203 Å². The number of hydrogen-bond acceptors (Lipinski definition) is 4. The first kappa shape index (κ1) is 22.4. The van der Waals surface area contributed by atoms with Crippen LogP contribution in [0.4, 0.5) is 11.4 Å². The van der Waals surface area contributed by atoms with E-state index in [9.17, 15) is 9.59 Å². The first-order chi connectivity index (χ1) is 16.6. The second kappa shape index (κ2) is 9.47. The lowest BCUT2D eigenvalue weighted by molar-refractivity contribution is -0.117. The molecule has 0 N–H and O–H groups in total. The first-order valence-electron chi connectivity index (χ1n) is 11.8. The predicted octanol–water partition coefficient (Wildman–Crippen LogP) is 5.75. The number of para-hydroxylation sites is 3. The Kier molecular flexibility index (Phi) is 6.24. The lowest BCUT2D eigenvalue weighted by atomic mass is 10.0. The number of aryl methyl sites for hydroxylation is 2. The Bertz CT molecular complexity index is 1380. The molecule has 1 aliphatic heterocycles. The van der Waals surface area contributed by atoms with Crippen LogP contribution in [-0.4, -0.2) is 20.7 Å². The number of rotatable bonds is 5. The Balaban J connectivity index is 1.58. The molecule has 1 aromatic heterocycles. The van der Waals surface area contributed by atoms with Crippen molar-refractivity contribution in [2.24, 2.45) is 0 Å². The highest BCUT2D eigenvalue weighted by molar-refractivity contribution is 8.00. The van der Waals surface area contributed by atoms with Crippen molar-refractivity contribution in [3.8, 4) is 0 Å². The van der Waals surface area contributed by atoms with Crippen molar-refractivity contribution >= 4 is 39.9 Å². The number of benzene rings is 3. The van der Waals surface area contributed by atoms with Gasteiger partial charge in [-0.15, -0.1) is 0 Å². The number of fused-ring (bicyclic) bond motifs is 3. The summed E-state index contributed by atoms with van der Waals surface area (Å²) in [6.07, 6.45) is 2.40. The molecule has 3 aromatic carbocycles. The third kappa shape index (κ3) is 3.92.